The summed E-state index contributed by atoms with van der Waals surface area (Å²) in [4.78, 5) is 23.0. The molecule has 1 atom stereocenters. The third-order valence-electron chi connectivity index (χ3n) is 3.01. The van der Waals surface area contributed by atoms with Crippen LogP contribution in [0.4, 0.5) is 0 Å². The summed E-state index contributed by atoms with van der Waals surface area (Å²) in [6, 6.07) is 3.95. The van der Waals surface area contributed by atoms with E-state index in [4.69, 9.17) is 23.2 Å². The number of carboxylic acids is 1. The summed E-state index contributed by atoms with van der Waals surface area (Å²) in [7, 11) is 0. The third-order valence-corrected chi connectivity index (χ3v) is 3.74. The predicted octanol–water partition coefficient (Wildman–Crippen LogP) is 3.54. The van der Waals surface area contributed by atoms with E-state index in [-0.39, 0.29) is 12.3 Å². The molecule has 0 unspecified atom stereocenters. The standard InChI is InChI=1S/C15H19Cl2NO3/c1-9(2)3-6-14(19)18-13(15(20)21)8-10-4-5-11(16)12(17)7-10/h4-5,7,9,13H,3,6,8H2,1-2H3,(H,18,19)(H,20,21)/t13-/m0/s1. The van der Waals surface area contributed by atoms with E-state index in [1.807, 2.05) is 13.8 Å². The number of carboxylic acid groups (broad SMARTS) is 1. The molecule has 0 aliphatic rings. The number of carbonyl (C=O) groups excluding carboxylic acids is 1. The fourth-order valence-corrected chi connectivity index (χ4v) is 2.11. The zero-order valence-corrected chi connectivity index (χ0v) is 13.5. The molecular formula is C15H19Cl2NO3. The normalized spacial score (nSPS) is 12.2. The van der Waals surface area contributed by atoms with Gasteiger partial charge in [-0.1, -0.05) is 43.1 Å². The van der Waals surface area contributed by atoms with E-state index in [1.54, 1.807) is 18.2 Å². The highest BCUT2D eigenvalue weighted by atomic mass is 35.5. The zero-order valence-electron chi connectivity index (χ0n) is 12.0. The Hall–Kier alpha value is -1.26. The van der Waals surface area contributed by atoms with Crippen molar-refractivity contribution >= 4 is 35.1 Å². The summed E-state index contributed by atoms with van der Waals surface area (Å²) in [6.45, 7) is 4.02. The number of amides is 1. The highest BCUT2D eigenvalue weighted by Crippen LogP contribution is 2.23. The molecular weight excluding hydrogens is 313 g/mol. The van der Waals surface area contributed by atoms with Gasteiger partial charge in [0, 0.05) is 12.8 Å². The van der Waals surface area contributed by atoms with Crippen LogP contribution in [-0.4, -0.2) is 23.0 Å². The quantitative estimate of drug-likeness (QED) is 0.802. The van der Waals surface area contributed by atoms with Crippen molar-refractivity contribution in [2.24, 2.45) is 5.92 Å². The number of halogens is 2. The van der Waals surface area contributed by atoms with Crippen LogP contribution in [0.3, 0.4) is 0 Å². The van der Waals surface area contributed by atoms with Crippen LogP contribution >= 0.6 is 23.2 Å². The molecule has 0 radical (unpaired) electrons. The SMILES string of the molecule is CC(C)CCC(=O)N[C@@H](Cc1ccc(Cl)c(Cl)c1)C(=O)O. The number of hydrogen-bond donors (Lipinski definition) is 2. The molecule has 0 spiro atoms. The van der Waals surface area contributed by atoms with Crippen molar-refractivity contribution in [3.05, 3.63) is 33.8 Å². The van der Waals surface area contributed by atoms with Gasteiger partial charge in [-0.25, -0.2) is 4.79 Å². The van der Waals surface area contributed by atoms with Crippen LogP contribution in [0.5, 0.6) is 0 Å². The summed E-state index contributed by atoms with van der Waals surface area (Å²) >= 11 is 11.7. The second-order valence-corrected chi connectivity index (χ2v) is 6.16. The van der Waals surface area contributed by atoms with Crippen molar-refractivity contribution in [2.45, 2.75) is 39.2 Å². The Kier molecular flexibility index (Phi) is 6.99. The second-order valence-electron chi connectivity index (χ2n) is 5.34. The van der Waals surface area contributed by atoms with Crippen LogP contribution in [0, 0.1) is 5.92 Å². The van der Waals surface area contributed by atoms with E-state index in [0.29, 0.717) is 27.9 Å². The minimum atomic E-state index is -1.07. The molecule has 0 aliphatic heterocycles. The van der Waals surface area contributed by atoms with Gasteiger partial charge in [-0.3, -0.25) is 4.79 Å². The summed E-state index contributed by atoms with van der Waals surface area (Å²) < 4.78 is 0. The van der Waals surface area contributed by atoms with Crippen LogP contribution in [0.2, 0.25) is 10.0 Å². The number of aliphatic carboxylic acids is 1. The number of carbonyl (C=O) groups is 2. The van der Waals surface area contributed by atoms with Crippen molar-refractivity contribution in [1.82, 2.24) is 5.32 Å². The number of rotatable bonds is 7. The van der Waals surface area contributed by atoms with E-state index in [0.717, 1.165) is 6.42 Å². The Morgan fingerprint density at radius 2 is 1.90 bits per heavy atom. The van der Waals surface area contributed by atoms with E-state index < -0.39 is 12.0 Å². The van der Waals surface area contributed by atoms with Crippen LogP contribution in [0.25, 0.3) is 0 Å². The van der Waals surface area contributed by atoms with Crippen LogP contribution in [0.15, 0.2) is 18.2 Å². The maximum atomic E-state index is 11.8. The van der Waals surface area contributed by atoms with E-state index in [9.17, 15) is 14.7 Å². The van der Waals surface area contributed by atoms with Gasteiger partial charge in [-0.15, -0.1) is 0 Å². The van der Waals surface area contributed by atoms with Crippen LogP contribution in [0.1, 0.15) is 32.3 Å². The molecule has 116 valence electrons. The average molecular weight is 332 g/mol. The molecule has 0 bridgehead atoms. The molecule has 0 aromatic heterocycles. The minimum Gasteiger partial charge on any atom is -0.480 e. The lowest BCUT2D eigenvalue weighted by molar-refractivity contribution is -0.141. The van der Waals surface area contributed by atoms with Gasteiger partial charge in [0.1, 0.15) is 6.04 Å². The van der Waals surface area contributed by atoms with Gasteiger partial charge < -0.3 is 10.4 Å². The molecule has 0 fully saturated rings. The van der Waals surface area contributed by atoms with Gasteiger partial charge in [-0.05, 0) is 30.0 Å². The molecule has 2 N–H and O–H groups in total. The molecule has 0 aliphatic carbocycles. The number of nitrogens with one attached hydrogen (secondary N) is 1. The molecule has 1 aromatic carbocycles. The predicted molar refractivity (Wildman–Crippen MR) is 83.8 cm³/mol. The Balaban J connectivity index is 2.67. The molecule has 0 heterocycles. The van der Waals surface area contributed by atoms with Crippen LogP contribution < -0.4 is 5.32 Å². The second kappa shape index (κ2) is 8.25. The topological polar surface area (TPSA) is 66.4 Å². The first-order chi connectivity index (χ1) is 9.79. The van der Waals surface area contributed by atoms with Crippen molar-refractivity contribution in [3.8, 4) is 0 Å². The Morgan fingerprint density at radius 1 is 1.24 bits per heavy atom. The maximum absolute atomic E-state index is 11.8. The van der Waals surface area contributed by atoms with Crippen LogP contribution in [-0.2, 0) is 16.0 Å². The van der Waals surface area contributed by atoms with Gasteiger partial charge >= 0.3 is 5.97 Å². The zero-order chi connectivity index (χ0) is 16.0. The molecule has 6 heteroatoms. The Bertz CT molecular complexity index is 518. The van der Waals surface area contributed by atoms with E-state index >= 15 is 0 Å². The molecule has 0 saturated heterocycles. The monoisotopic (exact) mass is 331 g/mol. The smallest absolute Gasteiger partial charge is 0.326 e. The lowest BCUT2D eigenvalue weighted by Crippen LogP contribution is -2.42. The van der Waals surface area contributed by atoms with Gasteiger partial charge in [0.05, 0.1) is 10.0 Å². The van der Waals surface area contributed by atoms with Crippen molar-refractivity contribution in [3.63, 3.8) is 0 Å². The first-order valence-electron chi connectivity index (χ1n) is 6.75. The van der Waals surface area contributed by atoms with Gasteiger partial charge in [-0.2, -0.15) is 0 Å². The summed E-state index contributed by atoms with van der Waals surface area (Å²) in [5.41, 5.74) is 0.709. The average Bonchev–Trinajstić information content (AvgIpc) is 2.39. The summed E-state index contributed by atoms with van der Waals surface area (Å²) in [5.74, 6) is -0.927. The van der Waals surface area contributed by atoms with E-state index in [2.05, 4.69) is 5.32 Å². The third kappa shape index (κ3) is 6.36. The molecule has 1 rings (SSSR count). The minimum absolute atomic E-state index is 0.166. The fraction of sp³-hybridized carbons (Fsp3) is 0.467. The Labute approximate surface area is 134 Å². The molecule has 4 nitrogen and oxygen atoms in total. The lowest BCUT2D eigenvalue weighted by atomic mass is 10.0. The van der Waals surface area contributed by atoms with Crippen molar-refractivity contribution in [2.75, 3.05) is 0 Å². The van der Waals surface area contributed by atoms with Gasteiger partial charge in [0.2, 0.25) is 5.91 Å². The molecule has 1 aromatic rings. The molecule has 21 heavy (non-hydrogen) atoms. The van der Waals surface area contributed by atoms with Crippen molar-refractivity contribution < 1.29 is 14.7 Å². The van der Waals surface area contributed by atoms with E-state index in [1.165, 1.54) is 0 Å². The number of hydrogen-bond acceptors (Lipinski definition) is 2. The lowest BCUT2D eigenvalue weighted by Gasteiger charge is -2.15. The maximum Gasteiger partial charge on any atom is 0.326 e. The summed E-state index contributed by atoms with van der Waals surface area (Å²) in [6.07, 6.45) is 1.22. The first-order valence-corrected chi connectivity index (χ1v) is 7.51. The first kappa shape index (κ1) is 17.8. The van der Waals surface area contributed by atoms with Gasteiger partial charge in [0.15, 0.2) is 0 Å². The highest BCUT2D eigenvalue weighted by Gasteiger charge is 2.20. The highest BCUT2D eigenvalue weighted by molar-refractivity contribution is 6.42. The van der Waals surface area contributed by atoms with Crippen molar-refractivity contribution in [1.29, 1.82) is 0 Å². The number of benzene rings is 1. The van der Waals surface area contributed by atoms with Gasteiger partial charge in [0.25, 0.3) is 0 Å². The molecule has 1 amide bonds. The summed E-state index contributed by atoms with van der Waals surface area (Å²) in [5, 5.41) is 12.5. The molecule has 0 saturated carbocycles. The largest absolute Gasteiger partial charge is 0.480 e. The fourth-order valence-electron chi connectivity index (χ4n) is 1.79. The Morgan fingerprint density at radius 3 is 2.43 bits per heavy atom.